The molecule has 4 nitrogen and oxygen atoms in total. The van der Waals surface area contributed by atoms with Crippen LogP contribution in [0.5, 0.6) is 0 Å². The molecule has 0 aliphatic carbocycles. The molecule has 11 heavy (non-hydrogen) atoms. The molecule has 1 aliphatic rings. The van der Waals surface area contributed by atoms with Gasteiger partial charge in [0.25, 0.3) is 0 Å². The van der Waals surface area contributed by atoms with Gasteiger partial charge in [-0.3, -0.25) is 10.3 Å². The topological polar surface area (TPSA) is 44.7 Å². The van der Waals surface area contributed by atoms with Crippen LogP contribution >= 0.6 is 11.8 Å². The summed E-state index contributed by atoms with van der Waals surface area (Å²) in [6, 6.07) is -0.113. The molecular weight excluding hydrogens is 162 g/mol. The summed E-state index contributed by atoms with van der Waals surface area (Å²) < 4.78 is 0. The summed E-state index contributed by atoms with van der Waals surface area (Å²) in [5.41, 5.74) is 0. The average Bonchev–Trinajstić information content (AvgIpc) is 2.39. The van der Waals surface area contributed by atoms with Crippen molar-refractivity contribution in [1.82, 2.24) is 10.2 Å². The number of rotatable bonds is 0. The zero-order valence-corrected chi connectivity index (χ0v) is 7.44. The number of urea groups is 1. The van der Waals surface area contributed by atoms with E-state index in [4.69, 9.17) is 0 Å². The van der Waals surface area contributed by atoms with E-state index in [0.717, 1.165) is 17.5 Å². The molecule has 0 aromatic heterocycles. The lowest BCUT2D eigenvalue weighted by Gasteiger charge is -2.10. The standard InChI is InChI=1S/C6H11N3OS/c1-9(2)6(10)8-5-7-3-4-11-5/h3-4H2,1-2H3,(H,7,8,10). The third-order valence-corrected chi connectivity index (χ3v) is 2.10. The molecule has 0 spiro atoms. The Kier molecular flexibility index (Phi) is 2.76. The fraction of sp³-hybridized carbons (Fsp3) is 0.667. The molecular formula is C6H11N3OS. The average molecular weight is 173 g/mol. The lowest BCUT2D eigenvalue weighted by Crippen LogP contribution is -2.36. The first-order valence-corrected chi connectivity index (χ1v) is 4.34. The zero-order valence-electron chi connectivity index (χ0n) is 6.63. The summed E-state index contributed by atoms with van der Waals surface area (Å²) in [6.07, 6.45) is 0. The molecule has 0 atom stereocenters. The summed E-state index contributed by atoms with van der Waals surface area (Å²) >= 11 is 1.58. The summed E-state index contributed by atoms with van der Waals surface area (Å²) in [5.74, 6) is 0.975. The fourth-order valence-electron chi connectivity index (χ4n) is 0.614. The van der Waals surface area contributed by atoms with Crippen molar-refractivity contribution in [1.29, 1.82) is 0 Å². The van der Waals surface area contributed by atoms with E-state index in [1.165, 1.54) is 4.90 Å². The Bertz CT molecular complexity index is 190. The first-order valence-electron chi connectivity index (χ1n) is 3.35. The van der Waals surface area contributed by atoms with Gasteiger partial charge in [0.05, 0.1) is 6.54 Å². The summed E-state index contributed by atoms with van der Waals surface area (Å²) in [7, 11) is 3.41. The van der Waals surface area contributed by atoms with Crippen LogP contribution in [0, 0.1) is 0 Å². The van der Waals surface area contributed by atoms with Gasteiger partial charge in [0.2, 0.25) is 0 Å². The minimum Gasteiger partial charge on any atom is -0.331 e. The molecule has 0 aromatic rings. The Labute approximate surface area is 70.0 Å². The molecule has 1 rings (SSSR count). The van der Waals surface area contributed by atoms with E-state index in [1.807, 2.05) is 0 Å². The van der Waals surface area contributed by atoms with E-state index >= 15 is 0 Å². The Morgan fingerprint density at radius 1 is 1.73 bits per heavy atom. The highest BCUT2D eigenvalue weighted by atomic mass is 32.2. The number of thioether (sulfide) groups is 1. The molecule has 62 valence electrons. The van der Waals surface area contributed by atoms with Crippen LogP contribution in [-0.4, -0.2) is 42.5 Å². The predicted molar refractivity (Wildman–Crippen MR) is 47.0 cm³/mol. The minimum atomic E-state index is -0.113. The predicted octanol–water partition coefficient (Wildman–Crippen LogP) is 0.360. The maximum atomic E-state index is 11.0. The Hall–Kier alpha value is -0.710. The van der Waals surface area contributed by atoms with Gasteiger partial charge >= 0.3 is 6.03 Å². The van der Waals surface area contributed by atoms with E-state index in [0.29, 0.717) is 0 Å². The largest absolute Gasteiger partial charge is 0.331 e. The van der Waals surface area contributed by atoms with E-state index in [-0.39, 0.29) is 6.03 Å². The second-order valence-corrected chi connectivity index (χ2v) is 3.44. The number of nitrogens with one attached hydrogen (secondary N) is 1. The number of amides is 2. The number of nitrogens with zero attached hydrogens (tertiary/aromatic N) is 2. The smallest absolute Gasteiger partial charge is 0.322 e. The van der Waals surface area contributed by atoms with Crippen molar-refractivity contribution in [3.63, 3.8) is 0 Å². The summed E-state index contributed by atoms with van der Waals surface area (Å²) in [6.45, 7) is 0.813. The summed E-state index contributed by atoms with van der Waals surface area (Å²) in [5, 5.41) is 3.42. The molecule has 1 heterocycles. The van der Waals surface area contributed by atoms with Crippen molar-refractivity contribution >= 4 is 23.0 Å². The maximum absolute atomic E-state index is 11.0. The van der Waals surface area contributed by atoms with Gasteiger partial charge in [-0.1, -0.05) is 11.8 Å². The maximum Gasteiger partial charge on any atom is 0.322 e. The quantitative estimate of drug-likeness (QED) is 0.575. The van der Waals surface area contributed by atoms with Crippen LogP contribution in [0.15, 0.2) is 4.99 Å². The van der Waals surface area contributed by atoms with Crippen molar-refractivity contribution < 1.29 is 4.79 Å². The molecule has 0 fully saturated rings. The normalized spacial score (nSPS) is 16.0. The highest BCUT2D eigenvalue weighted by Crippen LogP contribution is 2.08. The van der Waals surface area contributed by atoms with E-state index in [1.54, 1.807) is 25.9 Å². The molecule has 0 radical (unpaired) electrons. The van der Waals surface area contributed by atoms with Crippen LogP contribution in [0.4, 0.5) is 4.79 Å². The molecule has 0 aromatic carbocycles. The Morgan fingerprint density at radius 3 is 2.91 bits per heavy atom. The van der Waals surface area contributed by atoms with Gasteiger partial charge in [-0.05, 0) is 0 Å². The first kappa shape index (κ1) is 8.39. The molecule has 0 bridgehead atoms. The van der Waals surface area contributed by atoms with Crippen LogP contribution in [-0.2, 0) is 0 Å². The van der Waals surface area contributed by atoms with Gasteiger partial charge in [0, 0.05) is 19.8 Å². The molecule has 1 aliphatic heterocycles. The van der Waals surface area contributed by atoms with Crippen molar-refractivity contribution in [2.24, 2.45) is 4.99 Å². The monoisotopic (exact) mass is 173 g/mol. The van der Waals surface area contributed by atoms with Crippen LogP contribution in [0.25, 0.3) is 0 Å². The second-order valence-electron chi connectivity index (χ2n) is 2.36. The van der Waals surface area contributed by atoms with Crippen molar-refractivity contribution in [2.45, 2.75) is 0 Å². The van der Waals surface area contributed by atoms with Crippen molar-refractivity contribution in [2.75, 3.05) is 26.4 Å². The lowest BCUT2D eigenvalue weighted by atomic mass is 10.8. The highest BCUT2D eigenvalue weighted by molar-refractivity contribution is 8.14. The van der Waals surface area contributed by atoms with Gasteiger partial charge in [0.1, 0.15) is 0 Å². The molecule has 0 unspecified atom stereocenters. The number of hydrogen-bond acceptors (Lipinski definition) is 3. The molecule has 2 amide bonds. The number of carbonyl (C=O) groups is 1. The van der Waals surface area contributed by atoms with E-state index < -0.39 is 0 Å². The fourth-order valence-corrected chi connectivity index (χ4v) is 1.33. The number of amidine groups is 1. The summed E-state index contributed by atoms with van der Waals surface area (Å²) in [4.78, 5) is 16.6. The van der Waals surface area contributed by atoms with E-state index in [9.17, 15) is 4.79 Å². The van der Waals surface area contributed by atoms with Crippen LogP contribution in [0.2, 0.25) is 0 Å². The van der Waals surface area contributed by atoms with Gasteiger partial charge in [0.15, 0.2) is 5.17 Å². The van der Waals surface area contributed by atoms with Gasteiger partial charge in [-0.15, -0.1) is 0 Å². The zero-order chi connectivity index (χ0) is 8.27. The SMILES string of the molecule is CN(C)C(=O)NC1=NCCS1. The van der Waals surface area contributed by atoms with E-state index in [2.05, 4.69) is 10.3 Å². The number of hydrogen-bond donors (Lipinski definition) is 1. The van der Waals surface area contributed by atoms with Crippen LogP contribution < -0.4 is 5.32 Å². The van der Waals surface area contributed by atoms with Gasteiger partial charge in [-0.2, -0.15) is 0 Å². The van der Waals surface area contributed by atoms with Gasteiger partial charge < -0.3 is 4.90 Å². The minimum absolute atomic E-state index is 0.113. The molecule has 5 heteroatoms. The van der Waals surface area contributed by atoms with Crippen LogP contribution in [0.1, 0.15) is 0 Å². The Balaban J connectivity index is 2.35. The molecule has 0 saturated carbocycles. The Morgan fingerprint density at radius 2 is 2.45 bits per heavy atom. The first-order chi connectivity index (χ1) is 5.20. The number of aliphatic imine (C=N–C) groups is 1. The van der Waals surface area contributed by atoms with Gasteiger partial charge in [-0.25, -0.2) is 4.79 Å². The highest BCUT2D eigenvalue weighted by Gasteiger charge is 2.10. The van der Waals surface area contributed by atoms with Crippen molar-refractivity contribution in [3.05, 3.63) is 0 Å². The molecule has 0 saturated heterocycles. The third-order valence-electron chi connectivity index (χ3n) is 1.21. The van der Waals surface area contributed by atoms with Crippen LogP contribution in [0.3, 0.4) is 0 Å². The third kappa shape index (κ3) is 2.42. The molecule has 1 N–H and O–H groups in total. The second kappa shape index (κ2) is 3.61. The number of carbonyl (C=O) groups excluding carboxylic acids is 1. The van der Waals surface area contributed by atoms with Crippen molar-refractivity contribution in [3.8, 4) is 0 Å². The lowest BCUT2D eigenvalue weighted by molar-refractivity contribution is 0.222.